The van der Waals surface area contributed by atoms with Crippen molar-refractivity contribution in [1.29, 1.82) is 0 Å². The first-order valence-corrected chi connectivity index (χ1v) is 13.2. The highest BCUT2D eigenvalue weighted by Crippen LogP contribution is 2.17. The van der Waals surface area contributed by atoms with E-state index in [2.05, 4.69) is 17.6 Å². The van der Waals surface area contributed by atoms with Crippen LogP contribution < -0.4 is 27.7 Å². The van der Waals surface area contributed by atoms with Crippen LogP contribution in [-0.4, -0.2) is 26.3 Å². The van der Waals surface area contributed by atoms with Crippen molar-refractivity contribution in [3.8, 4) is 0 Å². The molecule has 0 radical (unpaired) electrons. The topological polar surface area (TPSA) is 107 Å². The van der Waals surface area contributed by atoms with Crippen LogP contribution in [0.15, 0.2) is 38.6 Å². The molecular formula is C28H45N5O4. The van der Waals surface area contributed by atoms with Crippen molar-refractivity contribution in [2.24, 2.45) is 5.92 Å². The van der Waals surface area contributed by atoms with Crippen molar-refractivity contribution in [2.45, 2.75) is 105 Å². The molecule has 2 aromatic rings. The molecule has 0 aliphatic carbocycles. The van der Waals surface area contributed by atoms with Gasteiger partial charge in [0.15, 0.2) is 0 Å². The number of benzene rings is 1. The van der Waals surface area contributed by atoms with Crippen LogP contribution in [0.25, 0.3) is 0 Å². The van der Waals surface area contributed by atoms with Crippen LogP contribution in [0.3, 0.4) is 0 Å². The van der Waals surface area contributed by atoms with E-state index < -0.39 is 34.2 Å². The predicted molar refractivity (Wildman–Crippen MR) is 150 cm³/mol. The van der Waals surface area contributed by atoms with Gasteiger partial charge in [0.05, 0.1) is 0 Å². The molecule has 0 unspecified atom stereocenters. The van der Waals surface area contributed by atoms with E-state index in [4.69, 9.17) is 0 Å². The van der Waals surface area contributed by atoms with Crippen molar-refractivity contribution in [3.63, 3.8) is 0 Å². The molecule has 0 saturated carbocycles. The van der Waals surface area contributed by atoms with Gasteiger partial charge in [0.2, 0.25) is 0 Å². The van der Waals surface area contributed by atoms with Crippen molar-refractivity contribution in [3.05, 3.63) is 61.3 Å². The van der Waals surface area contributed by atoms with Crippen LogP contribution in [0, 0.1) is 5.92 Å². The van der Waals surface area contributed by atoms with Gasteiger partial charge < -0.3 is 10.6 Å². The Balaban J connectivity index is 2.14. The Bertz CT molecular complexity index is 1190. The van der Waals surface area contributed by atoms with Crippen LogP contribution in [0.5, 0.6) is 0 Å². The van der Waals surface area contributed by atoms with E-state index >= 15 is 0 Å². The second kappa shape index (κ2) is 12.0. The first-order valence-electron chi connectivity index (χ1n) is 13.2. The lowest BCUT2D eigenvalue weighted by Gasteiger charge is -2.30. The normalized spacial score (nSPS) is 13.8. The summed E-state index contributed by atoms with van der Waals surface area (Å²) >= 11 is 0. The molecule has 1 aromatic heterocycles. The summed E-state index contributed by atoms with van der Waals surface area (Å²) in [6, 6.07) is 7.05. The zero-order valence-electron chi connectivity index (χ0n) is 24.0. The van der Waals surface area contributed by atoms with Gasteiger partial charge in [-0.3, -0.25) is 0 Å². The minimum atomic E-state index is -0.796. The van der Waals surface area contributed by atoms with E-state index in [-0.39, 0.29) is 11.9 Å². The zero-order chi connectivity index (χ0) is 28.1. The van der Waals surface area contributed by atoms with Crippen LogP contribution in [0.2, 0.25) is 0 Å². The number of amides is 2. The number of hydrogen-bond acceptors (Lipinski definition) is 4. The molecule has 0 saturated heterocycles. The molecule has 0 aliphatic rings. The molecule has 0 spiro atoms. The second-order valence-corrected chi connectivity index (χ2v) is 12.1. The van der Waals surface area contributed by atoms with E-state index in [1.807, 2.05) is 31.2 Å². The number of aromatic nitrogens is 3. The summed E-state index contributed by atoms with van der Waals surface area (Å²) in [4.78, 5) is 52.3. The zero-order valence-corrected chi connectivity index (χ0v) is 24.0. The minimum Gasteiger partial charge on any atom is -0.338 e. The molecule has 206 valence electrons. The van der Waals surface area contributed by atoms with Crippen molar-refractivity contribution < 1.29 is 4.79 Å². The molecular weight excluding hydrogens is 470 g/mol. The average Bonchev–Trinajstić information content (AvgIpc) is 2.75. The van der Waals surface area contributed by atoms with Crippen molar-refractivity contribution >= 4 is 11.7 Å². The Morgan fingerprint density at radius 1 is 0.865 bits per heavy atom. The van der Waals surface area contributed by atoms with Gasteiger partial charge in [-0.25, -0.2) is 32.9 Å². The number of aryl methyl sites for hydroxylation is 1. The molecule has 37 heavy (non-hydrogen) atoms. The summed E-state index contributed by atoms with van der Waals surface area (Å²) in [5, 5.41) is 5.71. The molecule has 9 nitrogen and oxygen atoms in total. The fourth-order valence-electron chi connectivity index (χ4n) is 4.43. The lowest BCUT2D eigenvalue weighted by Crippen LogP contribution is -2.61. The van der Waals surface area contributed by atoms with Crippen LogP contribution in [0.1, 0.15) is 93.2 Å². The van der Waals surface area contributed by atoms with Crippen molar-refractivity contribution in [1.82, 2.24) is 19.0 Å². The quantitative estimate of drug-likeness (QED) is 0.515. The first kappa shape index (κ1) is 30.1. The lowest BCUT2D eigenvalue weighted by atomic mass is 10.0. The summed E-state index contributed by atoms with van der Waals surface area (Å²) in [6.45, 7) is 16.9. The van der Waals surface area contributed by atoms with Crippen molar-refractivity contribution in [2.75, 3.05) is 11.9 Å². The molecule has 2 amide bonds. The van der Waals surface area contributed by atoms with Gasteiger partial charge in [-0.15, -0.1) is 0 Å². The highest BCUT2D eigenvalue weighted by molar-refractivity contribution is 5.89. The van der Waals surface area contributed by atoms with E-state index in [1.54, 1.807) is 48.5 Å². The maximum Gasteiger partial charge on any atom is 0.337 e. The van der Waals surface area contributed by atoms with Gasteiger partial charge in [-0.2, -0.15) is 0 Å². The van der Waals surface area contributed by atoms with Crippen LogP contribution >= 0.6 is 0 Å². The van der Waals surface area contributed by atoms with E-state index in [1.165, 1.54) is 10.1 Å². The Labute approximate surface area is 219 Å². The fraction of sp³-hybridized carbons (Fsp3) is 0.643. The number of rotatable bonds is 9. The Hall–Kier alpha value is -3.10. The number of carbonyl (C=O) groups excluding carboxylic acids is 1. The third-order valence-electron chi connectivity index (χ3n) is 6.35. The molecule has 2 atom stereocenters. The summed E-state index contributed by atoms with van der Waals surface area (Å²) in [7, 11) is 0. The van der Waals surface area contributed by atoms with E-state index in [9.17, 15) is 19.2 Å². The number of carbonyl (C=O) groups is 1. The van der Waals surface area contributed by atoms with Gasteiger partial charge in [-0.05, 0) is 91.3 Å². The number of hydrogen-bond donors (Lipinski definition) is 2. The lowest BCUT2D eigenvalue weighted by molar-refractivity contribution is 0.245. The summed E-state index contributed by atoms with van der Waals surface area (Å²) in [5.41, 5.74) is -1.47. The summed E-state index contributed by atoms with van der Waals surface area (Å²) in [5.74, 6) is -0.0263. The fourth-order valence-corrected chi connectivity index (χ4v) is 4.43. The predicted octanol–water partition coefficient (Wildman–Crippen LogP) is 4.43. The van der Waals surface area contributed by atoms with Gasteiger partial charge in [-0.1, -0.05) is 32.4 Å². The largest absolute Gasteiger partial charge is 0.338 e. The number of urea groups is 1. The monoisotopic (exact) mass is 515 g/mol. The number of unbranched alkanes of at least 4 members (excludes halogenated alkanes) is 1. The molecule has 0 fully saturated rings. The Morgan fingerprint density at radius 2 is 1.38 bits per heavy atom. The summed E-state index contributed by atoms with van der Waals surface area (Å²) in [6.07, 6.45) is 3.77. The molecule has 9 heteroatoms. The standard InChI is InChI=1S/C28H45N5O4/c1-10-11-12-21-13-15-22(16-14-21)30-23(34)29-18-19(2)17-20(3)31-24(35)32(27(4,5)6)26(37)33(25(31)36)28(7,8)9/h13-16,19-20H,10-12,17-18H2,1-9H3,(H2,29,30,34)/t19-,20+/m0/s1. The number of nitrogens with zero attached hydrogens (tertiary/aromatic N) is 3. The third kappa shape index (κ3) is 7.69. The molecule has 1 aromatic carbocycles. The maximum absolute atomic E-state index is 13.3. The second-order valence-electron chi connectivity index (χ2n) is 12.1. The molecule has 2 rings (SSSR count). The highest BCUT2D eigenvalue weighted by Gasteiger charge is 2.30. The van der Waals surface area contributed by atoms with Gasteiger partial charge >= 0.3 is 23.1 Å². The Kier molecular flexibility index (Phi) is 9.74. The van der Waals surface area contributed by atoms with E-state index in [0.717, 1.165) is 34.1 Å². The summed E-state index contributed by atoms with van der Waals surface area (Å²) < 4.78 is 3.48. The van der Waals surface area contributed by atoms with E-state index in [0.29, 0.717) is 13.0 Å². The van der Waals surface area contributed by atoms with Crippen LogP contribution in [-0.2, 0) is 17.5 Å². The molecule has 0 bridgehead atoms. The Morgan fingerprint density at radius 3 is 1.84 bits per heavy atom. The van der Waals surface area contributed by atoms with Gasteiger partial charge in [0.1, 0.15) is 0 Å². The molecule has 2 N–H and O–H groups in total. The highest BCUT2D eigenvalue weighted by atomic mass is 16.2. The number of nitrogens with one attached hydrogen (secondary N) is 2. The molecule has 0 aliphatic heterocycles. The molecule has 1 heterocycles. The smallest absolute Gasteiger partial charge is 0.337 e. The SMILES string of the molecule is CCCCc1ccc(NC(=O)NC[C@@H](C)C[C@@H](C)n2c(=O)n(C(C)(C)C)c(=O)n(C(C)(C)C)c2=O)cc1. The van der Waals surface area contributed by atoms with Gasteiger partial charge in [0.25, 0.3) is 0 Å². The maximum atomic E-state index is 13.3. The van der Waals surface area contributed by atoms with Gasteiger partial charge in [0, 0.05) is 29.4 Å². The first-order chi connectivity index (χ1) is 17.1. The average molecular weight is 516 g/mol. The minimum absolute atomic E-state index is 0.0263. The third-order valence-corrected chi connectivity index (χ3v) is 6.35. The number of anilines is 1. The van der Waals surface area contributed by atoms with Crippen LogP contribution in [0.4, 0.5) is 10.5 Å².